The number of fused-ring (bicyclic) bond motifs is 2. The Hall–Kier alpha value is -4.42. The smallest absolute Gasteiger partial charge is 0.251 e. The molecule has 75 heavy (non-hydrogen) atoms. The highest BCUT2D eigenvalue weighted by Crippen LogP contribution is 2.40. The number of amides is 2. The Morgan fingerprint density at radius 2 is 0.893 bits per heavy atom. The Kier molecular flexibility index (Phi) is 21.2. The Balaban J connectivity index is 0.709. The summed E-state index contributed by atoms with van der Waals surface area (Å²) in [6, 6.07) is 24.7. The maximum absolute atomic E-state index is 13.0. The molecule has 0 saturated heterocycles. The fourth-order valence-electron chi connectivity index (χ4n) is 8.88. The van der Waals surface area contributed by atoms with E-state index in [2.05, 4.69) is 29.9 Å². The molecule has 0 spiro atoms. The molecule has 23 heteroatoms. The number of phenols is 1. The predicted octanol–water partition coefficient (Wildman–Crippen LogP) is 6.64. The number of hydrogen-bond acceptors (Lipinski definition) is 13. The molecule has 7 rings (SSSR count). The third-order valence-electron chi connectivity index (χ3n) is 12.5. The number of hydrogen-bond donors (Lipinski definition) is 5. The van der Waals surface area contributed by atoms with E-state index in [0.29, 0.717) is 33.2 Å². The summed E-state index contributed by atoms with van der Waals surface area (Å²) in [5.41, 5.74) is 6.14. The molecule has 5 aromatic carbocycles. The normalized spacial score (nSPS) is 16.1. The second-order valence-electron chi connectivity index (χ2n) is 18.1. The van der Waals surface area contributed by atoms with Crippen molar-refractivity contribution in [1.82, 2.24) is 29.9 Å². The first-order chi connectivity index (χ1) is 35.9. The molecule has 0 aliphatic carbocycles. The van der Waals surface area contributed by atoms with Crippen LogP contribution >= 0.6 is 46.4 Å². The van der Waals surface area contributed by atoms with E-state index in [1.807, 2.05) is 50.5 Å². The number of nitrogens with zero attached hydrogens (tertiary/aromatic N) is 2. The standard InChI is InChI=1S/C52H60Cl4N6O11S2/c1-61-30-45(43-26-38(53)28-49(55)47(43)32-61)34-3-7-41(8-4-34)74(66,67)59-13-17-72-21-19-70-15-11-57-51(64)36-23-37(25-40(63)24-36)52(65)58-12-16-71-20-22-73-18-14-60-75(68,69)42-9-5-35(6-10-42)46-31-62(2)33-48-44(46)27-39(54)29-50(48)56/h3-10,23-29,45-46,59-60,63H,11-22,30-33H2,1-2H3,(H,57,64)(H,58,65). The molecule has 2 heterocycles. The van der Waals surface area contributed by atoms with Crippen LogP contribution in [0, 0.1) is 0 Å². The van der Waals surface area contributed by atoms with Crippen LogP contribution in [0.25, 0.3) is 0 Å². The van der Waals surface area contributed by atoms with Crippen molar-refractivity contribution >= 4 is 78.3 Å². The van der Waals surface area contributed by atoms with E-state index in [9.17, 15) is 31.5 Å². The first kappa shape index (κ1) is 58.3. The quantitative estimate of drug-likeness (QED) is 0.0368. The summed E-state index contributed by atoms with van der Waals surface area (Å²) in [5, 5.41) is 17.9. The first-order valence-electron chi connectivity index (χ1n) is 24.1. The van der Waals surface area contributed by atoms with Gasteiger partial charge in [-0.15, -0.1) is 0 Å². The van der Waals surface area contributed by atoms with Crippen LogP contribution in [-0.2, 0) is 52.1 Å². The van der Waals surface area contributed by atoms with Gasteiger partial charge in [0.1, 0.15) is 5.75 Å². The van der Waals surface area contributed by atoms with E-state index >= 15 is 0 Å². The van der Waals surface area contributed by atoms with Crippen molar-refractivity contribution < 1.29 is 50.5 Å². The molecule has 5 aromatic rings. The number of nitrogens with one attached hydrogen (secondary N) is 4. The lowest BCUT2D eigenvalue weighted by molar-refractivity contribution is 0.0503. The summed E-state index contributed by atoms with van der Waals surface area (Å²) in [5.74, 6) is -1.36. The van der Waals surface area contributed by atoms with Gasteiger partial charge in [0, 0.05) is 95.4 Å². The van der Waals surface area contributed by atoms with Gasteiger partial charge in [-0.3, -0.25) is 9.59 Å². The van der Waals surface area contributed by atoms with Gasteiger partial charge in [-0.25, -0.2) is 26.3 Å². The summed E-state index contributed by atoms with van der Waals surface area (Å²) < 4.78 is 79.1. The van der Waals surface area contributed by atoms with Gasteiger partial charge in [-0.1, -0.05) is 70.7 Å². The highest BCUT2D eigenvalue weighted by Gasteiger charge is 2.29. The lowest BCUT2D eigenvalue weighted by Gasteiger charge is -2.33. The van der Waals surface area contributed by atoms with Crippen LogP contribution in [0.5, 0.6) is 5.75 Å². The summed E-state index contributed by atoms with van der Waals surface area (Å²) in [7, 11) is -3.55. The van der Waals surface area contributed by atoms with Crippen molar-refractivity contribution in [3.05, 3.63) is 156 Å². The number of carbonyl (C=O) groups excluding carboxylic acids is 2. The minimum Gasteiger partial charge on any atom is -0.508 e. The summed E-state index contributed by atoms with van der Waals surface area (Å²) in [4.78, 5) is 30.2. The summed E-state index contributed by atoms with van der Waals surface area (Å²) in [6.45, 7) is 4.50. The van der Waals surface area contributed by atoms with Crippen LogP contribution in [0.2, 0.25) is 20.1 Å². The molecular weight excluding hydrogens is 1090 g/mol. The monoisotopic (exact) mass is 1150 g/mol. The maximum Gasteiger partial charge on any atom is 0.251 e. The van der Waals surface area contributed by atoms with Crippen molar-refractivity contribution in [3.8, 4) is 5.75 Å². The van der Waals surface area contributed by atoms with Crippen molar-refractivity contribution in [2.45, 2.75) is 34.7 Å². The van der Waals surface area contributed by atoms with Crippen molar-refractivity contribution in [3.63, 3.8) is 0 Å². The van der Waals surface area contributed by atoms with E-state index in [1.165, 1.54) is 18.2 Å². The number of likely N-dealkylation sites (N-methyl/N-ethyl adjacent to an activating group) is 2. The number of halogens is 4. The number of carbonyl (C=O) groups is 2. The highest BCUT2D eigenvalue weighted by molar-refractivity contribution is 7.89. The minimum absolute atomic E-state index is 0.0188. The second-order valence-corrected chi connectivity index (χ2v) is 23.3. The average Bonchev–Trinajstić information content (AvgIpc) is 3.37. The van der Waals surface area contributed by atoms with Gasteiger partial charge in [0.25, 0.3) is 11.8 Å². The fraction of sp³-hybridized carbons (Fsp3) is 0.385. The minimum atomic E-state index is -3.79. The Morgan fingerprint density at radius 3 is 1.27 bits per heavy atom. The van der Waals surface area contributed by atoms with Gasteiger partial charge in [-0.2, -0.15) is 0 Å². The number of phenolic OH excluding ortho intramolecular Hbond substituents is 1. The molecule has 2 aliphatic heterocycles. The molecule has 0 radical (unpaired) electrons. The van der Waals surface area contributed by atoms with Gasteiger partial charge < -0.3 is 44.5 Å². The number of ether oxygens (including phenoxy) is 4. The zero-order valence-corrected chi connectivity index (χ0v) is 46.0. The SMILES string of the molecule is CN1Cc2c(Cl)cc(Cl)cc2C(c2ccc(S(=O)(=O)NCCOCCOCCNC(=O)c3cc(O)cc(C(=O)NCCOCCOCCNS(=O)(=O)c4ccc(C5CN(C)Cc6c(Cl)cc(Cl)cc65)cc4)c3)cc2)C1. The molecule has 2 atom stereocenters. The lowest BCUT2D eigenvalue weighted by Crippen LogP contribution is -2.31. The molecule has 5 N–H and O–H groups in total. The van der Waals surface area contributed by atoms with Crippen LogP contribution in [0.3, 0.4) is 0 Å². The van der Waals surface area contributed by atoms with Gasteiger partial charge in [0.05, 0.1) is 62.6 Å². The van der Waals surface area contributed by atoms with E-state index in [4.69, 9.17) is 65.4 Å². The molecule has 0 fully saturated rings. The van der Waals surface area contributed by atoms with Crippen molar-refractivity contribution in [2.24, 2.45) is 0 Å². The molecule has 2 unspecified atom stereocenters. The first-order valence-corrected chi connectivity index (χ1v) is 28.6. The van der Waals surface area contributed by atoms with E-state index in [0.717, 1.165) is 46.5 Å². The second kappa shape index (κ2) is 27.3. The largest absolute Gasteiger partial charge is 0.508 e. The summed E-state index contributed by atoms with van der Waals surface area (Å²) in [6.07, 6.45) is 0. The molecule has 2 amide bonds. The fourth-order valence-corrected chi connectivity index (χ4v) is 12.0. The number of aromatic hydroxyl groups is 1. The zero-order chi connectivity index (χ0) is 53.7. The van der Waals surface area contributed by atoms with Crippen molar-refractivity contribution in [1.29, 1.82) is 0 Å². The average molecular weight is 1150 g/mol. The van der Waals surface area contributed by atoms with Crippen LogP contribution in [0.4, 0.5) is 0 Å². The van der Waals surface area contributed by atoms with Crippen LogP contribution in [-0.4, -0.2) is 150 Å². The Bertz CT molecular complexity index is 2820. The maximum atomic E-state index is 13.0. The highest BCUT2D eigenvalue weighted by atomic mass is 35.5. The molecule has 0 aromatic heterocycles. The predicted molar refractivity (Wildman–Crippen MR) is 289 cm³/mol. The number of sulfonamides is 2. The third-order valence-corrected chi connectivity index (χ3v) is 16.6. The van der Waals surface area contributed by atoms with E-state index in [-0.39, 0.29) is 118 Å². The van der Waals surface area contributed by atoms with Crippen molar-refractivity contribution in [2.75, 3.05) is 106 Å². The molecule has 2 aliphatic rings. The lowest BCUT2D eigenvalue weighted by atomic mass is 9.85. The van der Waals surface area contributed by atoms with Gasteiger partial charge in [-0.05, 0) is 114 Å². The van der Waals surface area contributed by atoms with E-state index in [1.54, 1.807) is 36.4 Å². The van der Waals surface area contributed by atoms with Crippen LogP contribution in [0.1, 0.15) is 65.9 Å². The van der Waals surface area contributed by atoms with Gasteiger partial charge >= 0.3 is 0 Å². The van der Waals surface area contributed by atoms with Gasteiger partial charge in [0.2, 0.25) is 20.0 Å². The number of rotatable bonds is 26. The Morgan fingerprint density at radius 1 is 0.533 bits per heavy atom. The molecular formula is C52H60Cl4N6O11S2. The third kappa shape index (κ3) is 16.3. The van der Waals surface area contributed by atoms with Crippen LogP contribution in [0.15, 0.2) is 101 Å². The molecule has 404 valence electrons. The number of benzene rings is 5. The van der Waals surface area contributed by atoms with E-state index < -0.39 is 31.9 Å². The van der Waals surface area contributed by atoms with Gasteiger partial charge in [0.15, 0.2) is 0 Å². The zero-order valence-electron chi connectivity index (χ0n) is 41.4. The summed E-state index contributed by atoms with van der Waals surface area (Å²) >= 11 is 25.6. The molecule has 0 saturated carbocycles. The van der Waals surface area contributed by atoms with Crippen LogP contribution < -0.4 is 20.1 Å². The molecule has 17 nitrogen and oxygen atoms in total. The topological polar surface area (TPSA) is 214 Å². The Labute approximate surface area is 458 Å². The molecule has 0 bridgehead atoms.